The minimum absolute atomic E-state index is 0.0209. The minimum Gasteiger partial charge on any atom is -0.383 e. The molecule has 4 nitrogen and oxygen atoms in total. The van der Waals surface area contributed by atoms with Crippen LogP contribution in [0.2, 0.25) is 10.0 Å². The molecular formula is C22H18BrCl2FN2O2. The highest BCUT2D eigenvalue weighted by Gasteiger charge is 2.43. The summed E-state index contributed by atoms with van der Waals surface area (Å²) in [5.74, 6) is -0.717. The molecule has 0 bridgehead atoms. The average Bonchev–Trinajstić information content (AvgIpc) is 3.18. The van der Waals surface area contributed by atoms with Gasteiger partial charge in [-0.25, -0.2) is 4.39 Å². The van der Waals surface area contributed by atoms with Gasteiger partial charge in [0.05, 0.1) is 33.5 Å². The molecule has 2 atom stereocenters. The van der Waals surface area contributed by atoms with E-state index in [1.165, 1.54) is 12.1 Å². The molecule has 3 aromatic rings. The van der Waals surface area contributed by atoms with E-state index in [1.54, 1.807) is 30.2 Å². The van der Waals surface area contributed by atoms with E-state index in [0.29, 0.717) is 22.9 Å². The molecule has 2 unspecified atom stereocenters. The third kappa shape index (κ3) is 3.56. The summed E-state index contributed by atoms with van der Waals surface area (Å²) < 4.78 is 22.0. The van der Waals surface area contributed by atoms with E-state index in [-0.39, 0.29) is 17.0 Å². The number of hydrogen-bond acceptors (Lipinski definition) is 2. The zero-order chi connectivity index (χ0) is 21.6. The lowest BCUT2D eigenvalue weighted by atomic mass is 10.0. The van der Waals surface area contributed by atoms with Gasteiger partial charge in [-0.15, -0.1) is 0 Å². The standard InChI is InChI=1S/C22H18BrCl2FN2O2/c1-12(11-30-2)27-19(23)10-16-21(27)20(13-3-5-14(24)6-4-13)28(22(16)29)15-7-8-18(26)17(25)9-15/h3-10,12,20H,11H2,1-2H3. The van der Waals surface area contributed by atoms with Gasteiger partial charge in [0, 0.05) is 17.8 Å². The molecule has 1 aliphatic heterocycles. The summed E-state index contributed by atoms with van der Waals surface area (Å²) in [6, 6.07) is 13.0. The van der Waals surface area contributed by atoms with Crippen LogP contribution in [0.3, 0.4) is 0 Å². The maximum absolute atomic E-state index is 13.8. The first kappa shape index (κ1) is 21.4. The van der Waals surface area contributed by atoms with Crippen molar-refractivity contribution in [3.8, 4) is 0 Å². The normalized spacial score (nSPS) is 16.8. The quantitative estimate of drug-likeness (QED) is 0.384. The van der Waals surface area contributed by atoms with E-state index in [2.05, 4.69) is 20.5 Å². The van der Waals surface area contributed by atoms with E-state index in [0.717, 1.165) is 15.9 Å². The van der Waals surface area contributed by atoms with Crippen LogP contribution in [0.15, 0.2) is 53.1 Å². The molecule has 2 aromatic carbocycles. The highest BCUT2D eigenvalue weighted by molar-refractivity contribution is 9.10. The molecule has 4 rings (SSSR count). The number of hydrogen-bond donors (Lipinski definition) is 0. The molecule has 1 aliphatic rings. The van der Waals surface area contributed by atoms with Crippen molar-refractivity contribution >= 4 is 50.7 Å². The molecule has 2 heterocycles. The van der Waals surface area contributed by atoms with Crippen LogP contribution in [0.5, 0.6) is 0 Å². The Balaban J connectivity index is 1.93. The number of anilines is 1. The summed E-state index contributed by atoms with van der Waals surface area (Å²) in [6.07, 6.45) is 0. The number of ether oxygens (including phenoxy) is 1. The Morgan fingerprint density at radius 2 is 1.87 bits per heavy atom. The summed E-state index contributed by atoms with van der Waals surface area (Å²) in [5, 5.41) is 0.563. The number of amides is 1. The molecule has 1 aromatic heterocycles. The van der Waals surface area contributed by atoms with Gasteiger partial charge in [-0.05, 0) is 64.8 Å². The fourth-order valence-electron chi connectivity index (χ4n) is 3.94. The fourth-order valence-corrected chi connectivity index (χ4v) is 5.01. The van der Waals surface area contributed by atoms with Crippen molar-refractivity contribution in [3.05, 3.63) is 85.8 Å². The van der Waals surface area contributed by atoms with Gasteiger partial charge < -0.3 is 9.30 Å². The maximum Gasteiger partial charge on any atom is 0.261 e. The van der Waals surface area contributed by atoms with Crippen molar-refractivity contribution in [1.29, 1.82) is 0 Å². The first-order chi connectivity index (χ1) is 14.3. The van der Waals surface area contributed by atoms with Crippen LogP contribution in [-0.4, -0.2) is 24.2 Å². The van der Waals surface area contributed by atoms with E-state index in [9.17, 15) is 9.18 Å². The summed E-state index contributed by atoms with van der Waals surface area (Å²) in [5.41, 5.74) is 2.80. The number of methoxy groups -OCH3 is 1. The number of aromatic nitrogens is 1. The van der Waals surface area contributed by atoms with Crippen molar-refractivity contribution in [3.63, 3.8) is 0 Å². The number of benzene rings is 2. The predicted octanol–water partition coefficient (Wildman–Crippen LogP) is 6.65. The average molecular weight is 512 g/mol. The van der Waals surface area contributed by atoms with Crippen molar-refractivity contribution < 1.29 is 13.9 Å². The van der Waals surface area contributed by atoms with Gasteiger partial charge in [-0.2, -0.15) is 0 Å². The van der Waals surface area contributed by atoms with E-state index in [1.807, 2.05) is 25.1 Å². The third-order valence-corrected chi connectivity index (χ3v) is 6.36. The van der Waals surface area contributed by atoms with Gasteiger partial charge in [0.25, 0.3) is 5.91 Å². The second kappa shape index (κ2) is 8.35. The summed E-state index contributed by atoms with van der Waals surface area (Å²) >= 11 is 15.7. The second-order valence-corrected chi connectivity index (χ2v) is 8.82. The zero-order valence-corrected chi connectivity index (χ0v) is 19.3. The number of rotatable bonds is 5. The van der Waals surface area contributed by atoms with Gasteiger partial charge >= 0.3 is 0 Å². The molecule has 0 fully saturated rings. The molecule has 0 spiro atoms. The van der Waals surface area contributed by atoms with Gasteiger partial charge in [0.15, 0.2) is 0 Å². The monoisotopic (exact) mass is 510 g/mol. The first-order valence-electron chi connectivity index (χ1n) is 9.27. The first-order valence-corrected chi connectivity index (χ1v) is 10.8. The van der Waals surface area contributed by atoms with Crippen LogP contribution in [0.1, 0.15) is 40.6 Å². The number of halogens is 4. The fraction of sp³-hybridized carbons (Fsp3) is 0.227. The molecule has 8 heteroatoms. The number of nitrogens with zero attached hydrogens (tertiary/aromatic N) is 2. The lowest BCUT2D eigenvalue weighted by Gasteiger charge is -2.29. The molecular weight excluding hydrogens is 494 g/mol. The van der Waals surface area contributed by atoms with Gasteiger partial charge in [-0.3, -0.25) is 9.69 Å². The lowest BCUT2D eigenvalue weighted by molar-refractivity contribution is 0.0993. The Morgan fingerprint density at radius 1 is 1.17 bits per heavy atom. The topological polar surface area (TPSA) is 34.5 Å². The summed E-state index contributed by atoms with van der Waals surface area (Å²) in [4.78, 5) is 15.1. The molecule has 0 N–H and O–H groups in total. The van der Waals surface area contributed by atoms with Crippen LogP contribution in [0.4, 0.5) is 10.1 Å². The SMILES string of the molecule is COCC(C)n1c(Br)cc2c1C(c1ccc(Cl)cc1)N(c1ccc(F)c(Cl)c1)C2=O. The van der Waals surface area contributed by atoms with E-state index in [4.69, 9.17) is 27.9 Å². The van der Waals surface area contributed by atoms with E-state index >= 15 is 0 Å². The molecule has 30 heavy (non-hydrogen) atoms. The Kier molecular flexibility index (Phi) is 5.95. The summed E-state index contributed by atoms with van der Waals surface area (Å²) in [6.45, 7) is 2.50. The smallest absolute Gasteiger partial charge is 0.261 e. The molecule has 0 saturated heterocycles. The molecule has 0 radical (unpaired) electrons. The Bertz CT molecular complexity index is 1120. The van der Waals surface area contributed by atoms with Gasteiger partial charge in [-0.1, -0.05) is 35.3 Å². The largest absolute Gasteiger partial charge is 0.383 e. The van der Waals surface area contributed by atoms with Crippen LogP contribution in [0.25, 0.3) is 0 Å². The molecule has 0 saturated carbocycles. The van der Waals surface area contributed by atoms with Crippen LogP contribution >= 0.6 is 39.1 Å². The van der Waals surface area contributed by atoms with Crippen molar-refractivity contribution in [2.24, 2.45) is 0 Å². The zero-order valence-electron chi connectivity index (χ0n) is 16.2. The third-order valence-electron chi connectivity index (χ3n) is 5.21. The Labute approximate surface area is 192 Å². The van der Waals surface area contributed by atoms with Crippen LogP contribution in [-0.2, 0) is 4.74 Å². The highest BCUT2D eigenvalue weighted by atomic mass is 79.9. The van der Waals surface area contributed by atoms with Crippen molar-refractivity contribution in [2.75, 3.05) is 18.6 Å². The molecule has 0 aliphatic carbocycles. The van der Waals surface area contributed by atoms with Gasteiger partial charge in [0.2, 0.25) is 0 Å². The number of carbonyl (C=O) groups is 1. The molecule has 156 valence electrons. The molecule has 1 amide bonds. The predicted molar refractivity (Wildman–Crippen MR) is 120 cm³/mol. The lowest BCUT2D eigenvalue weighted by Crippen LogP contribution is -2.30. The van der Waals surface area contributed by atoms with Crippen LogP contribution in [0, 0.1) is 5.82 Å². The van der Waals surface area contributed by atoms with Gasteiger partial charge in [0.1, 0.15) is 11.9 Å². The number of carbonyl (C=O) groups excluding carboxylic acids is 1. The number of fused-ring (bicyclic) bond motifs is 1. The minimum atomic E-state index is -0.534. The van der Waals surface area contributed by atoms with Crippen LogP contribution < -0.4 is 4.90 Å². The highest BCUT2D eigenvalue weighted by Crippen LogP contribution is 2.45. The van der Waals surface area contributed by atoms with Crippen molar-refractivity contribution in [2.45, 2.75) is 19.0 Å². The summed E-state index contributed by atoms with van der Waals surface area (Å²) in [7, 11) is 1.64. The maximum atomic E-state index is 13.8. The van der Waals surface area contributed by atoms with Crippen molar-refractivity contribution in [1.82, 2.24) is 4.57 Å². The second-order valence-electron chi connectivity index (χ2n) is 7.17. The Morgan fingerprint density at radius 3 is 2.50 bits per heavy atom. The van der Waals surface area contributed by atoms with E-state index < -0.39 is 11.9 Å². The Hall–Kier alpha value is -1.86.